The number of likely N-dealkylation sites (N-methyl/N-ethyl adjacent to an activating group) is 1. The quantitative estimate of drug-likeness (QED) is 0.435. The minimum atomic E-state index is 0.316. The Labute approximate surface area is 193 Å². The van der Waals surface area contributed by atoms with Crippen molar-refractivity contribution in [3.05, 3.63) is 65.2 Å². The standard InChI is InChI=1S/C26H38N4O2/c1-4-30(24-10-5-7-21(2)17-24)14-13-28-26(27-3)29-19-22-8-6-9-23(18-22)20-32-25-11-15-31-16-12-25/h5-10,17-18,25H,4,11-16,19-20H2,1-3H3,(H2,27,28,29). The molecule has 0 aliphatic carbocycles. The van der Waals surface area contributed by atoms with Gasteiger partial charge in [0.15, 0.2) is 5.96 Å². The van der Waals surface area contributed by atoms with Crippen LogP contribution in [-0.2, 0) is 22.6 Å². The smallest absolute Gasteiger partial charge is 0.191 e. The highest BCUT2D eigenvalue weighted by molar-refractivity contribution is 5.79. The van der Waals surface area contributed by atoms with Gasteiger partial charge in [-0.05, 0) is 55.5 Å². The number of hydrogen-bond acceptors (Lipinski definition) is 4. The lowest BCUT2D eigenvalue weighted by Crippen LogP contribution is -2.41. The minimum Gasteiger partial charge on any atom is -0.381 e. The Kier molecular flexibility index (Phi) is 9.85. The molecule has 2 N–H and O–H groups in total. The van der Waals surface area contributed by atoms with E-state index < -0.39 is 0 Å². The van der Waals surface area contributed by atoms with Crippen molar-refractivity contribution < 1.29 is 9.47 Å². The predicted octanol–water partition coefficient (Wildman–Crippen LogP) is 3.88. The van der Waals surface area contributed by atoms with E-state index in [-0.39, 0.29) is 0 Å². The molecule has 2 aromatic carbocycles. The molecule has 174 valence electrons. The molecular formula is C26H38N4O2. The molecule has 0 bridgehead atoms. The van der Waals surface area contributed by atoms with Crippen LogP contribution in [0.25, 0.3) is 0 Å². The van der Waals surface area contributed by atoms with E-state index in [0.717, 1.165) is 58.2 Å². The maximum atomic E-state index is 6.06. The third-order valence-corrected chi connectivity index (χ3v) is 5.75. The lowest BCUT2D eigenvalue weighted by atomic mass is 10.1. The first kappa shape index (κ1) is 24.1. The highest BCUT2D eigenvalue weighted by Crippen LogP contribution is 2.15. The molecular weight excluding hydrogens is 400 g/mol. The molecule has 1 aliphatic heterocycles. The molecule has 0 radical (unpaired) electrons. The third kappa shape index (κ3) is 7.84. The Hall–Kier alpha value is -2.57. The number of guanidine groups is 1. The summed E-state index contributed by atoms with van der Waals surface area (Å²) in [6, 6.07) is 17.2. The lowest BCUT2D eigenvalue weighted by molar-refractivity contribution is -0.0390. The van der Waals surface area contributed by atoms with Gasteiger partial charge in [-0.15, -0.1) is 0 Å². The molecule has 32 heavy (non-hydrogen) atoms. The number of nitrogens with one attached hydrogen (secondary N) is 2. The molecule has 0 spiro atoms. The van der Waals surface area contributed by atoms with E-state index in [2.05, 4.69) is 82.9 Å². The Balaban J connectivity index is 1.42. The van der Waals surface area contributed by atoms with Crippen LogP contribution >= 0.6 is 0 Å². The first-order valence-corrected chi connectivity index (χ1v) is 11.7. The maximum Gasteiger partial charge on any atom is 0.191 e. The highest BCUT2D eigenvalue weighted by atomic mass is 16.5. The van der Waals surface area contributed by atoms with E-state index in [1.54, 1.807) is 0 Å². The molecule has 6 heteroatoms. The van der Waals surface area contributed by atoms with Gasteiger partial charge in [-0.2, -0.15) is 0 Å². The van der Waals surface area contributed by atoms with Crippen molar-refractivity contribution in [1.82, 2.24) is 10.6 Å². The number of rotatable bonds is 10. The third-order valence-electron chi connectivity index (χ3n) is 5.75. The average molecular weight is 439 g/mol. The van der Waals surface area contributed by atoms with Crippen LogP contribution in [0.5, 0.6) is 0 Å². The van der Waals surface area contributed by atoms with Crippen molar-refractivity contribution in [2.75, 3.05) is 44.8 Å². The van der Waals surface area contributed by atoms with Crippen molar-refractivity contribution in [2.24, 2.45) is 4.99 Å². The Bertz CT molecular complexity index is 849. The fraction of sp³-hybridized carbons (Fsp3) is 0.500. The van der Waals surface area contributed by atoms with Crippen LogP contribution in [0.1, 0.15) is 36.5 Å². The van der Waals surface area contributed by atoms with E-state index in [4.69, 9.17) is 9.47 Å². The summed E-state index contributed by atoms with van der Waals surface area (Å²) in [5.41, 5.74) is 4.97. The second kappa shape index (κ2) is 13.1. The largest absolute Gasteiger partial charge is 0.381 e. The van der Waals surface area contributed by atoms with Gasteiger partial charge in [0.1, 0.15) is 0 Å². The van der Waals surface area contributed by atoms with Crippen molar-refractivity contribution in [2.45, 2.75) is 45.9 Å². The fourth-order valence-corrected chi connectivity index (χ4v) is 3.90. The van der Waals surface area contributed by atoms with Crippen molar-refractivity contribution in [3.63, 3.8) is 0 Å². The second-order valence-corrected chi connectivity index (χ2v) is 8.21. The molecule has 0 saturated carbocycles. The van der Waals surface area contributed by atoms with Crippen molar-refractivity contribution in [1.29, 1.82) is 0 Å². The summed E-state index contributed by atoms with van der Waals surface area (Å²) < 4.78 is 11.5. The lowest BCUT2D eigenvalue weighted by Gasteiger charge is -2.24. The molecule has 3 rings (SSSR count). The molecule has 6 nitrogen and oxygen atoms in total. The average Bonchev–Trinajstić information content (AvgIpc) is 2.83. The van der Waals surface area contributed by atoms with Crippen LogP contribution in [0.2, 0.25) is 0 Å². The van der Waals surface area contributed by atoms with Gasteiger partial charge in [0, 0.05) is 52.1 Å². The van der Waals surface area contributed by atoms with Crippen molar-refractivity contribution in [3.8, 4) is 0 Å². The van der Waals surface area contributed by atoms with E-state index in [0.29, 0.717) is 12.7 Å². The summed E-state index contributed by atoms with van der Waals surface area (Å²) in [4.78, 5) is 6.74. The zero-order chi connectivity index (χ0) is 22.6. The first-order chi connectivity index (χ1) is 15.7. The van der Waals surface area contributed by atoms with Gasteiger partial charge < -0.3 is 25.0 Å². The van der Waals surface area contributed by atoms with Gasteiger partial charge in [-0.1, -0.05) is 36.4 Å². The number of aliphatic imine (C=N–C) groups is 1. The zero-order valence-electron chi connectivity index (χ0n) is 19.8. The van der Waals surface area contributed by atoms with Crippen LogP contribution < -0.4 is 15.5 Å². The molecule has 1 aliphatic rings. The number of benzene rings is 2. The number of anilines is 1. The number of hydrogen-bond donors (Lipinski definition) is 2. The van der Waals surface area contributed by atoms with E-state index >= 15 is 0 Å². The normalized spacial score (nSPS) is 14.9. The maximum absolute atomic E-state index is 6.06. The van der Waals surface area contributed by atoms with Gasteiger partial charge in [0.25, 0.3) is 0 Å². The van der Waals surface area contributed by atoms with Crippen LogP contribution in [0.3, 0.4) is 0 Å². The number of nitrogens with zero attached hydrogens (tertiary/aromatic N) is 2. The van der Waals surface area contributed by atoms with Gasteiger partial charge in [0.05, 0.1) is 12.7 Å². The Morgan fingerprint density at radius 3 is 2.62 bits per heavy atom. The van der Waals surface area contributed by atoms with Crippen LogP contribution in [-0.4, -0.2) is 52.0 Å². The number of ether oxygens (including phenoxy) is 2. The summed E-state index contributed by atoms with van der Waals surface area (Å²) >= 11 is 0. The summed E-state index contributed by atoms with van der Waals surface area (Å²) in [6.45, 7) is 10.0. The summed E-state index contributed by atoms with van der Waals surface area (Å²) in [7, 11) is 1.81. The SMILES string of the molecule is CCN(CCNC(=NC)NCc1cccc(COC2CCOCC2)c1)c1cccc(C)c1. The van der Waals surface area contributed by atoms with Crippen LogP contribution in [0.4, 0.5) is 5.69 Å². The van der Waals surface area contributed by atoms with Gasteiger partial charge in [-0.25, -0.2) is 0 Å². The highest BCUT2D eigenvalue weighted by Gasteiger charge is 2.14. The molecule has 0 aromatic heterocycles. The van der Waals surface area contributed by atoms with Crippen LogP contribution in [0, 0.1) is 6.92 Å². The monoisotopic (exact) mass is 438 g/mol. The molecule has 1 fully saturated rings. The first-order valence-electron chi connectivity index (χ1n) is 11.7. The van der Waals surface area contributed by atoms with E-state index in [1.165, 1.54) is 22.4 Å². The molecule has 0 amide bonds. The van der Waals surface area contributed by atoms with E-state index in [1.807, 2.05) is 7.05 Å². The summed E-state index contributed by atoms with van der Waals surface area (Å²) in [6.07, 6.45) is 2.29. The van der Waals surface area contributed by atoms with Gasteiger partial charge >= 0.3 is 0 Å². The molecule has 1 saturated heterocycles. The van der Waals surface area contributed by atoms with Crippen molar-refractivity contribution >= 4 is 11.6 Å². The molecule has 2 aromatic rings. The zero-order valence-corrected chi connectivity index (χ0v) is 19.8. The van der Waals surface area contributed by atoms with Gasteiger partial charge in [0.2, 0.25) is 0 Å². The molecule has 1 heterocycles. The Morgan fingerprint density at radius 1 is 1.09 bits per heavy atom. The second-order valence-electron chi connectivity index (χ2n) is 8.21. The fourth-order valence-electron chi connectivity index (χ4n) is 3.90. The van der Waals surface area contributed by atoms with E-state index in [9.17, 15) is 0 Å². The molecule has 0 unspecified atom stereocenters. The summed E-state index contributed by atoms with van der Waals surface area (Å²) in [5, 5.41) is 6.85. The Morgan fingerprint density at radius 2 is 1.88 bits per heavy atom. The van der Waals surface area contributed by atoms with Crippen LogP contribution in [0.15, 0.2) is 53.5 Å². The van der Waals surface area contributed by atoms with Gasteiger partial charge in [-0.3, -0.25) is 4.99 Å². The minimum absolute atomic E-state index is 0.316. The predicted molar refractivity (Wildman–Crippen MR) is 132 cm³/mol. The summed E-state index contributed by atoms with van der Waals surface area (Å²) in [5.74, 6) is 0.814. The molecule has 0 atom stereocenters. The number of aryl methyl sites for hydroxylation is 1. The topological polar surface area (TPSA) is 58.1 Å².